The minimum absolute atomic E-state index is 0.137. The normalized spacial score (nSPS) is 12.3. The van der Waals surface area contributed by atoms with Crippen LogP contribution in [0.1, 0.15) is 17.6 Å². The van der Waals surface area contributed by atoms with E-state index in [9.17, 15) is 4.39 Å². The van der Waals surface area contributed by atoms with E-state index in [0.29, 0.717) is 23.3 Å². The van der Waals surface area contributed by atoms with Crippen LogP contribution >= 0.6 is 0 Å². The summed E-state index contributed by atoms with van der Waals surface area (Å²) in [6.07, 6.45) is 1.38. The van der Waals surface area contributed by atoms with Gasteiger partial charge >= 0.3 is 0 Å². The summed E-state index contributed by atoms with van der Waals surface area (Å²) in [6.45, 7) is 2.26. The van der Waals surface area contributed by atoms with Gasteiger partial charge in [-0.15, -0.1) is 0 Å². The van der Waals surface area contributed by atoms with Gasteiger partial charge in [0.05, 0.1) is 19.2 Å². The van der Waals surface area contributed by atoms with Crippen molar-refractivity contribution in [2.24, 2.45) is 0 Å². The fourth-order valence-corrected chi connectivity index (χ4v) is 2.50. The van der Waals surface area contributed by atoms with Crippen LogP contribution in [0.5, 0.6) is 5.75 Å². The first kappa shape index (κ1) is 16.2. The topological polar surface area (TPSA) is 69.4 Å². The molecule has 0 aliphatic heterocycles. The molecule has 1 aromatic carbocycles. The van der Waals surface area contributed by atoms with Crippen LogP contribution in [-0.4, -0.2) is 30.8 Å². The zero-order valence-corrected chi connectivity index (χ0v) is 13.7. The van der Waals surface area contributed by atoms with E-state index in [1.165, 1.54) is 19.5 Å². The second-order valence-electron chi connectivity index (χ2n) is 5.33. The first-order chi connectivity index (χ1) is 11.6. The molecule has 0 spiro atoms. The average molecular weight is 331 g/mol. The molecule has 0 saturated heterocycles. The predicted octanol–water partition coefficient (Wildman–Crippen LogP) is 3.48. The van der Waals surface area contributed by atoms with E-state index in [1.807, 2.05) is 19.1 Å². The van der Waals surface area contributed by atoms with E-state index in [1.54, 1.807) is 13.2 Å². The van der Waals surface area contributed by atoms with Gasteiger partial charge in [-0.2, -0.15) is 0 Å². The quantitative estimate of drug-likeness (QED) is 0.746. The molecule has 1 atom stereocenters. The lowest BCUT2D eigenvalue weighted by molar-refractivity contribution is 0.178. The van der Waals surface area contributed by atoms with Gasteiger partial charge in [-0.3, -0.25) is 0 Å². The molecule has 0 saturated carbocycles. The van der Waals surface area contributed by atoms with Crippen molar-refractivity contribution in [3.8, 4) is 5.75 Å². The molecule has 2 aromatic heterocycles. The van der Waals surface area contributed by atoms with E-state index in [2.05, 4.69) is 15.3 Å². The van der Waals surface area contributed by atoms with Crippen molar-refractivity contribution in [3.63, 3.8) is 0 Å². The number of furan rings is 1. The molecule has 0 bridgehead atoms. The summed E-state index contributed by atoms with van der Waals surface area (Å²) in [6, 6.07) is 6.43. The Morgan fingerprint density at radius 3 is 2.75 bits per heavy atom. The number of aryl methyl sites for hydroxylation is 1. The summed E-state index contributed by atoms with van der Waals surface area (Å²) in [5.74, 6) is 1.76. The van der Waals surface area contributed by atoms with Gasteiger partial charge in [0.15, 0.2) is 11.6 Å². The molecule has 126 valence electrons. The van der Waals surface area contributed by atoms with Crippen molar-refractivity contribution in [1.82, 2.24) is 9.97 Å². The maximum atomic E-state index is 13.9. The monoisotopic (exact) mass is 331 g/mol. The third kappa shape index (κ3) is 3.16. The minimum Gasteiger partial charge on any atom is -0.494 e. The lowest BCUT2D eigenvalue weighted by Gasteiger charge is -2.17. The van der Waals surface area contributed by atoms with Crippen LogP contribution in [0.15, 0.2) is 35.0 Å². The largest absolute Gasteiger partial charge is 0.494 e. The molecule has 3 aromatic rings. The molecular weight excluding hydrogens is 313 g/mol. The Kier molecular flexibility index (Phi) is 4.61. The van der Waals surface area contributed by atoms with Crippen LogP contribution < -0.4 is 10.1 Å². The number of anilines is 1. The molecule has 6 nitrogen and oxygen atoms in total. The molecule has 24 heavy (non-hydrogen) atoms. The highest BCUT2D eigenvalue weighted by Gasteiger charge is 2.18. The van der Waals surface area contributed by atoms with Gasteiger partial charge in [-0.25, -0.2) is 14.4 Å². The summed E-state index contributed by atoms with van der Waals surface area (Å²) < 4.78 is 29.9. The first-order valence-corrected chi connectivity index (χ1v) is 7.42. The van der Waals surface area contributed by atoms with E-state index in [4.69, 9.17) is 13.9 Å². The highest BCUT2D eigenvalue weighted by molar-refractivity contribution is 5.90. The highest BCUT2D eigenvalue weighted by atomic mass is 19.1. The van der Waals surface area contributed by atoms with Crippen molar-refractivity contribution in [2.75, 3.05) is 26.1 Å². The van der Waals surface area contributed by atoms with Crippen molar-refractivity contribution >= 4 is 16.7 Å². The summed E-state index contributed by atoms with van der Waals surface area (Å²) >= 11 is 0. The Bertz CT molecular complexity index is 850. The fourth-order valence-electron chi connectivity index (χ4n) is 2.50. The zero-order chi connectivity index (χ0) is 17.1. The maximum absolute atomic E-state index is 13.9. The van der Waals surface area contributed by atoms with Gasteiger partial charge in [-0.1, -0.05) is 0 Å². The molecule has 0 radical (unpaired) electrons. The number of benzene rings is 1. The molecule has 0 aliphatic rings. The van der Waals surface area contributed by atoms with Crippen molar-refractivity contribution in [2.45, 2.75) is 13.0 Å². The van der Waals surface area contributed by atoms with E-state index < -0.39 is 5.82 Å². The second-order valence-corrected chi connectivity index (χ2v) is 5.33. The summed E-state index contributed by atoms with van der Waals surface area (Å²) in [7, 11) is 3.03. The lowest BCUT2D eigenvalue weighted by Crippen LogP contribution is -2.16. The molecule has 7 heteroatoms. The summed E-state index contributed by atoms with van der Waals surface area (Å²) in [4.78, 5) is 8.38. The van der Waals surface area contributed by atoms with Crippen LogP contribution in [0.3, 0.4) is 0 Å². The molecule has 1 N–H and O–H groups in total. The standard InChI is InChI=1S/C17H18FN3O3/c1-10-4-5-15(24-10)14(8-22-2)21-17-11-6-16(23-3)12(18)7-13(11)19-9-20-17/h4-7,9,14H,8H2,1-3H3,(H,19,20,21). The Morgan fingerprint density at radius 2 is 2.08 bits per heavy atom. The van der Waals surface area contributed by atoms with Gasteiger partial charge < -0.3 is 19.2 Å². The van der Waals surface area contributed by atoms with Gasteiger partial charge in [0.2, 0.25) is 0 Å². The number of aromatic nitrogens is 2. The maximum Gasteiger partial charge on any atom is 0.167 e. The Labute approximate surface area is 138 Å². The van der Waals surface area contributed by atoms with Gasteiger partial charge in [0, 0.05) is 18.6 Å². The number of hydrogen-bond acceptors (Lipinski definition) is 6. The smallest absolute Gasteiger partial charge is 0.167 e. The van der Waals surface area contributed by atoms with E-state index >= 15 is 0 Å². The number of rotatable bonds is 6. The minimum atomic E-state index is -0.468. The number of hydrogen-bond donors (Lipinski definition) is 1. The zero-order valence-electron chi connectivity index (χ0n) is 13.7. The van der Waals surface area contributed by atoms with Gasteiger partial charge in [0.25, 0.3) is 0 Å². The van der Waals surface area contributed by atoms with Crippen LogP contribution in [0, 0.1) is 12.7 Å². The molecule has 3 rings (SSSR count). The van der Waals surface area contributed by atoms with Crippen LogP contribution in [0.4, 0.5) is 10.2 Å². The van der Waals surface area contributed by atoms with Crippen LogP contribution in [-0.2, 0) is 4.74 Å². The summed E-state index contributed by atoms with van der Waals surface area (Å²) in [5.41, 5.74) is 0.484. The predicted molar refractivity (Wildman–Crippen MR) is 87.7 cm³/mol. The first-order valence-electron chi connectivity index (χ1n) is 7.42. The van der Waals surface area contributed by atoms with Crippen molar-refractivity contribution in [3.05, 3.63) is 47.9 Å². The summed E-state index contributed by atoms with van der Waals surface area (Å²) in [5, 5.41) is 3.93. The van der Waals surface area contributed by atoms with Crippen LogP contribution in [0.25, 0.3) is 10.9 Å². The molecule has 0 fully saturated rings. The fraction of sp³-hybridized carbons (Fsp3) is 0.294. The number of nitrogens with zero attached hydrogens (tertiary/aromatic N) is 2. The Hall–Kier alpha value is -2.67. The highest BCUT2D eigenvalue weighted by Crippen LogP contribution is 2.29. The van der Waals surface area contributed by atoms with Crippen molar-refractivity contribution < 1.29 is 18.3 Å². The third-order valence-corrected chi connectivity index (χ3v) is 3.66. The molecule has 0 amide bonds. The van der Waals surface area contributed by atoms with E-state index in [-0.39, 0.29) is 11.8 Å². The molecule has 0 aliphatic carbocycles. The molecular formula is C17H18FN3O3. The number of halogens is 1. The van der Waals surface area contributed by atoms with Crippen molar-refractivity contribution in [1.29, 1.82) is 0 Å². The molecule has 2 heterocycles. The Balaban J connectivity index is 2.01. The lowest BCUT2D eigenvalue weighted by atomic mass is 10.2. The third-order valence-electron chi connectivity index (χ3n) is 3.66. The second kappa shape index (κ2) is 6.84. The SMILES string of the molecule is COCC(Nc1ncnc2cc(F)c(OC)cc12)c1ccc(C)o1. The van der Waals surface area contributed by atoms with E-state index in [0.717, 1.165) is 11.5 Å². The number of ether oxygens (including phenoxy) is 2. The van der Waals surface area contributed by atoms with Gasteiger partial charge in [-0.05, 0) is 25.1 Å². The van der Waals surface area contributed by atoms with Crippen LogP contribution in [0.2, 0.25) is 0 Å². The Morgan fingerprint density at radius 1 is 1.25 bits per heavy atom. The molecule has 1 unspecified atom stereocenters. The number of nitrogens with one attached hydrogen (secondary N) is 1. The number of fused-ring (bicyclic) bond motifs is 1. The average Bonchev–Trinajstić information content (AvgIpc) is 3.00. The number of methoxy groups -OCH3 is 2. The van der Waals surface area contributed by atoms with Gasteiger partial charge in [0.1, 0.15) is 29.7 Å².